The van der Waals surface area contributed by atoms with Crippen molar-refractivity contribution in [3.05, 3.63) is 35.7 Å². The van der Waals surface area contributed by atoms with Gasteiger partial charge in [0.1, 0.15) is 5.75 Å². The maximum Gasteiger partial charge on any atom is 0.250 e. The number of aromatic nitrogens is 1. The summed E-state index contributed by atoms with van der Waals surface area (Å²) >= 11 is 0. The van der Waals surface area contributed by atoms with Gasteiger partial charge in [0.05, 0.1) is 24.0 Å². The van der Waals surface area contributed by atoms with Gasteiger partial charge in [0.25, 0.3) is 0 Å². The Hall–Kier alpha value is -1.88. The van der Waals surface area contributed by atoms with Crippen LogP contribution in [0.4, 0.5) is 0 Å². The second-order valence-electron chi connectivity index (χ2n) is 11.5. The average Bonchev–Trinajstić information content (AvgIpc) is 3.12. The zero-order chi connectivity index (χ0) is 22.7. The van der Waals surface area contributed by atoms with Gasteiger partial charge >= 0.3 is 0 Å². The number of fused-ring (bicyclic) bond motifs is 5. The highest BCUT2D eigenvalue weighted by Gasteiger charge is 2.59. The summed E-state index contributed by atoms with van der Waals surface area (Å²) in [7, 11) is 0. The largest absolute Gasteiger partial charge is 0.489 e. The second-order valence-corrected chi connectivity index (χ2v) is 11.5. The predicted octanol–water partition coefficient (Wildman–Crippen LogP) is 4.89. The third-order valence-corrected chi connectivity index (χ3v) is 10.0. The van der Waals surface area contributed by atoms with E-state index in [9.17, 15) is 9.90 Å². The maximum absolute atomic E-state index is 11.5. The van der Waals surface area contributed by atoms with Crippen LogP contribution in [0.5, 0.6) is 5.75 Å². The number of carbonyl (C=O) groups excluding carboxylic acids is 1. The van der Waals surface area contributed by atoms with E-state index >= 15 is 0 Å². The monoisotopic (exact) mass is 438 g/mol. The normalized spacial score (nSPS) is 41.6. The maximum atomic E-state index is 11.5. The van der Waals surface area contributed by atoms with E-state index in [1.807, 2.05) is 0 Å². The number of ether oxygens (including phenoxy) is 1. The van der Waals surface area contributed by atoms with Crippen LogP contribution in [0.25, 0.3) is 0 Å². The van der Waals surface area contributed by atoms with Gasteiger partial charge in [0, 0.05) is 12.1 Å². The third kappa shape index (κ3) is 3.39. The minimum atomic E-state index is -0.477. The van der Waals surface area contributed by atoms with Crippen LogP contribution in [0.1, 0.15) is 82.5 Å². The standard InChI is InChI=1S/C27H38N2O3/c1-16(32-20-12-17(25(28)31)14-29-15-20)22-6-7-23-21-5-4-18-13-19(30)8-10-26(18,2)24(21)9-11-27(22,23)3/h4,12,14-16,19,21-24,30H,5-11,13H2,1-3H3,(H2,28,31)/t16-,19-,21?,22+,23-,24-,26-,27+/m0/s1. The van der Waals surface area contributed by atoms with E-state index in [0.29, 0.717) is 17.2 Å². The number of hydrogen-bond acceptors (Lipinski definition) is 4. The van der Waals surface area contributed by atoms with Crippen molar-refractivity contribution in [3.63, 3.8) is 0 Å². The van der Waals surface area contributed by atoms with E-state index in [4.69, 9.17) is 10.5 Å². The van der Waals surface area contributed by atoms with Gasteiger partial charge in [0.2, 0.25) is 5.91 Å². The minimum absolute atomic E-state index is 0.0709. The molecule has 174 valence electrons. The number of rotatable bonds is 4. The molecule has 1 aromatic heterocycles. The highest BCUT2D eigenvalue weighted by molar-refractivity contribution is 5.92. The number of aliphatic hydroxyl groups excluding tert-OH is 1. The number of nitrogens with two attached hydrogens (primary N) is 1. The van der Waals surface area contributed by atoms with E-state index in [0.717, 1.165) is 37.0 Å². The van der Waals surface area contributed by atoms with Gasteiger partial charge in [-0.2, -0.15) is 0 Å². The molecule has 3 saturated carbocycles. The second kappa shape index (κ2) is 7.86. The molecule has 5 nitrogen and oxygen atoms in total. The molecular formula is C27H38N2O3. The smallest absolute Gasteiger partial charge is 0.250 e. The molecule has 3 fully saturated rings. The van der Waals surface area contributed by atoms with Crippen molar-refractivity contribution in [2.45, 2.75) is 84.3 Å². The summed E-state index contributed by atoms with van der Waals surface area (Å²) in [5.74, 6) is 2.88. The Morgan fingerprint density at radius 1 is 1.19 bits per heavy atom. The lowest BCUT2D eigenvalue weighted by atomic mass is 9.47. The lowest BCUT2D eigenvalue weighted by Crippen LogP contribution is -2.51. The van der Waals surface area contributed by atoms with Gasteiger partial charge in [-0.15, -0.1) is 0 Å². The van der Waals surface area contributed by atoms with Gasteiger partial charge in [-0.05, 0) is 92.9 Å². The molecule has 1 heterocycles. The van der Waals surface area contributed by atoms with Crippen molar-refractivity contribution in [3.8, 4) is 5.75 Å². The highest BCUT2D eigenvalue weighted by Crippen LogP contribution is 2.66. The first-order chi connectivity index (χ1) is 15.2. The SMILES string of the molecule is C[C@H](Oc1cncc(C(N)=O)c1)[C@H]1CC[C@H]2C3CC=C4C[C@@H](O)CC[C@]4(C)[C@H]3CC[C@]12C. The fourth-order valence-electron chi connectivity index (χ4n) is 8.37. The molecule has 1 amide bonds. The van der Waals surface area contributed by atoms with Crippen LogP contribution >= 0.6 is 0 Å². The molecule has 4 aliphatic carbocycles. The number of allylic oxidation sites excluding steroid dienone is 1. The van der Waals surface area contributed by atoms with Crippen LogP contribution in [0.3, 0.4) is 0 Å². The Morgan fingerprint density at radius 3 is 2.78 bits per heavy atom. The molecule has 0 aromatic carbocycles. The zero-order valence-electron chi connectivity index (χ0n) is 19.7. The first-order valence-corrected chi connectivity index (χ1v) is 12.5. The molecule has 0 aliphatic heterocycles. The molecule has 1 aromatic rings. The van der Waals surface area contributed by atoms with E-state index in [-0.39, 0.29) is 23.0 Å². The van der Waals surface area contributed by atoms with E-state index < -0.39 is 5.91 Å². The summed E-state index contributed by atoms with van der Waals surface area (Å²) in [5, 5.41) is 10.2. The Kier molecular flexibility index (Phi) is 5.39. The van der Waals surface area contributed by atoms with Crippen molar-refractivity contribution in [1.29, 1.82) is 0 Å². The molecule has 0 saturated heterocycles. The van der Waals surface area contributed by atoms with Crippen molar-refractivity contribution >= 4 is 5.91 Å². The number of aliphatic hydroxyl groups is 1. The first kappa shape index (κ1) is 21.9. The predicted molar refractivity (Wildman–Crippen MR) is 124 cm³/mol. The Labute approximate surface area is 191 Å². The summed E-state index contributed by atoms with van der Waals surface area (Å²) in [5.41, 5.74) is 7.91. The van der Waals surface area contributed by atoms with Gasteiger partial charge in [-0.25, -0.2) is 0 Å². The van der Waals surface area contributed by atoms with Crippen LogP contribution in [-0.2, 0) is 0 Å². The molecule has 5 heteroatoms. The van der Waals surface area contributed by atoms with Crippen LogP contribution in [0, 0.1) is 34.5 Å². The number of nitrogens with zero attached hydrogens (tertiary/aromatic N) is 1. The molecule has 0 radical (unpaired) electrons. The molecule has 3 N–H and O–H groups in total. The van der Waals surface area contributed by atoms with Crippen LogP contribution in [-0.4, -0.2) is 28.2 Å². The zero-order valence-corrected chi connectivity index (χ0v) is 19.7. The molecule has 4 aliphatic rings. The third-order valence-electron chi connectivity index (χ3n) is 10.0. The summed E-state index contributed by atoms with van der Waals surface area (Å²) in [6, 6.07) is 1.71. The van der Waals surface area contributed by atoms with Gasteiger partial charge < -0.3 is 15.6 Å². The van der Waals surface area contributed by atoms with Crippen molar-refractivity contribution in [1.82, 2.24) is 4.98 Å². The average molecular weight is 439 g/mol. The summed E-state index contributed by atoms with van der Waals surface area (Å²) < 4.78 is 6.35. The van der Waals surface area contributed by atoms with Crippen molar-refractivity contribution in [2.75, 3.05) is 0 Å². The van der Waals surface area contributed by atoms with E-state index in [1.54, 1.807) is 12.3 Å². The molecule has 32 heavy (non-hydrogen) atoms. The van der Waals surface area contributed by atoms with Gasteiger partial charge in [0.15, 0.2) is 0 Å². The van der Waals surface area contributed by atoms with Gasteiger partial charge in [-0.3, -0.25) is 9.78 Å². The van der Waals surface area contributed by atoms with Crippen molar-refractivity contribution in [2.24, 2.45) is 40.2 Å². The van der Waals surface area contributed by atoms with Crippen LogP contribution < -0.4 is 10.5 Å². The summed E-state index contributed by atoms with van der Waals surface area (Å²) in [6.45, 7) is 7.18. The fourth-order valence-corrected chi connectivity index (χ4v) is 8.37. The first-order valence-electron chi connectivity index (χ1n) is 12.5. The lowest BCUT2D eigenvalue weighted by Gasteiger charge is -2.58. The van der Waals surface area contributed by atoms with Gasteiger partial charge in [-0.1, -0.05) is 25.5 Å². The number of primary amides is 1. The fraction of sp³-hybridized carbons (Fsp3) is 0.704. The van der Waals surface area contributed by atoms with E-state index in [1.165, 1.54) is 43.9 Å². The topological polar surface area (TPSA) is 85.4 Å². The number of amides is 1. The van der Waals surface area contributed by atoms with Crippen LogP contribution in [0.15, 0.2) is 30.1 Å². The quantitative estimate of drug-likeness (QED) is 0.656. The molecular weight excluding hydrogens is 400 g/mol. The number of carbonyl (C=O) groups is 1. The Morgan fingerprint density at radius 2 is 2.00 bits per heavy atom. The Balaban J connectivity index is 1.35. The van der Waals surface area contributed by atoms with Crippen molar-refractivity contribution < 1.29 is 14.6 Å². The molecule has 5 rings (SSSR count). The molecule has 8 atom stereocenters. The minimum Gasteiger partial charge on any atom is -0.489 e. The number of pyridine rings is 1. The summed E-state index contributed by atoms with van der Waals surface area (Å²) in [4.78, 5) is 15.7. The Bertz CT molecular complexity index is 929. The summed E-state index contributed by atoms with van der Waals surface area (Å²) in [6.07, 6.45) is 14.7. The van der Waals surface area contributed by atoms with E-state index in [2.05, 4.69) is 31.8 Å². The molecule has 0 bridgehead atoms. The number of hydrogen-bond donors (Lipinski definition) is 2. The van der Waals surface area contributed by atoms with Crippen LogP contribution in [0.2, 0.25) is 0 Å². The molecule has 1 unspecified atom stereocenters. The lowest BCUT2D eigenvalue weighted by molar-refractivity contribution is -0.0643. The molecule has 0 spiro atoms. The highest BCUT2D eigenvalue weighted by atomic mass is 16.5.